The molecule has 12 heteroatoms. The third kappa shape index (κ3) is 8.95. The second-order valence-electron chi connectivity index (χ2n) is 8.00. The SMILES string of the molecule is Nc1nc(-c2ccc(CNC(=O)COc3cccc(CN4CCCCC4)c3)s2)cs1.O=C(O)C(=O)O. The molecule has 2 aromatic heterocycles. The summed E-state index contributed by atoms with van der Waals surface area (Å²) in [6.07, 6.45) is 3.89. The Bertz CT molecular complexity index is 1160. The number of nitrogens with two attached hydrogens (primary N) is 1. The van der Waals surface area contributed by atoms with Gasteiger partial charge in [0.15, 0.2) is 11.7 Å². The van der Waals surface area contributed by atoms with Crippen LogP contribution in [-0.4, -0.2) is 57.6 Å². The van der Waals surface area contributed by atoms with Crippen molar-refractivity contribution in [2.24, 2.45) is 0 Å². The standard InChI is InChI=1S/C22H26N4O2S2.C2H2O4/c23-22-25-19(15-29-22)20-8-7-18(30-20)12-24-21(27)14-28-17-6-4-5-16(11-17)13-26-9-2-1-3-10-26;3-1(4)2(5)6/h4-8,11,15H,1-3,9-10,12-14H2,(H2,23,25)(H,24,27);(H,3,4)(H,5,6). The third-order valence-corrected chi connectivity index (χ3v) is 6.98. The third-order valence-electron chi connectivity index (χ3n) is 5.20. The summed E-state index contributed by atoms with van der Waals surface area (Å²) >= 11 is 3.03. The first-order valence-electron chi connectivity index (χ1n) is 11.3. The Morgan fingerprint density at radius 1 is 1.08 bits per heavy atom. The number of aromatic nitrogens is 1. The van der Waals surface area contributed by atoms with E-state index >= 15 is 0 Å². The van der Waals surface area contributed by atoms with Gasteiger partial charge in [0.2, 0.25) is 0 Å². The van der Waals surface area contributed by atoms with Gasteiger partial charge >= 0.3 is 11.9 Å². The molecule has 0 atom stereocenters. The van der Waals surface area contributed by atoms with E-state index in [-0.39, 0.29) is 12.5 Å². The number of carboxylic acid groups (broad SMARTS) is 2. The Labute approximate surface area is 216 Å². The fraction of sp³-hybridized carbons (Fsp3) is 0.333. The zero-order valence-corrected chi connectivity index (χ0v) is 21.1. The minimum absolute atomic E-state index is 0.00796. The van der Waals surface area contributed by atoms with E-state index in [9.17, 15) is 4.79 Å². The number of rotatable bonds is 8. The lowest BCUT2D eigenvalue weighted by Gasteiger charge is -2.26. The van der Waals surface area contributed by atoms with Crippen LogP contribution in [0.5, 0.6) is 5.75 Å². The van der Waals surface area contributed by atoms with Crippen LogP contribution in [0.15, 0.2) is 41.8 Å². The van der Waals surface area contributed by atoms with Gasteiger partial charge in [0.1, 0.15) is 5.75 Å². The molecule has 10 nitrogen and oxygen atoms in total. The number of nitrogen functional groups attached to an aromatic ring is 1. The van der Waals surface area contributed by atoms with E-state index < -0.39 is 11.9 Å². The lowest BCUT2D eigenvalue weighted by molar-refractivity contribution is -0.159. The Morgan fingerprint density at radius 3 is 2.50 bits per heavy atom. The summed E-state index contributed by atoms with van der Waals surface area (Å²) in [6.45, 7) is 3.74. The number of likely N-dealkylation sites (tertiary alicyclic amines) is 1. The molecule has 1 amide bonds. The Morgan fingerprint density at radius 2 is 1.83 bits per heavy atom. The van der Waals surface area contributed by atoms with Crippen LogP contribution < -0.4 is 15.8 Å². The Kier molecular flexibility index (Phi) is 10.2. The maximum Gasteiger partial charge on any atom is 0.414 e. The van der Waals surface area contributed by atoms with E-state index in [4.69, 9.17) is 30.3 Å². The largest absolute Gasteiger partial charge is 0.484 e. The summed E-state index contributed by atoms with van der Waals surface area (Å²) in [4.78, 5) is 39.3. The van der Waals surface area contributed by atoms with Gasteiger partial charge in [0.05, 0.1) is 17.1 Å². The molecule has 5 N–H and O–H groups in total. The highest BCUT2D eigenvalue weighted by Crippen LogP contribution is 2.29. The molecule has 0 bridgehead atoms. The topological polar surface area (TPSA) is 155 Å². The van der Waals surface area contributed by atoms with Crippen molar-refractivity contribution < 1.29 is 29.3 Å². The molecule has 1 aromatic carbocycles. The number of anilines is 1. The predicted molar refractivity (Wildman–Crippen MR) is 138 cm³/mol. The predicted octanol–water partition coefficient (Wildman–Crippen LogP) is 3.29. The average Bonchev–Trinajstić information content (AvgIpc) is 3.51. The van der Waals surface area contributed by atoms with Crippen LogP contribution in [0.4, 0.5) is 5.13 Å². The molecular weight excluding hydrogens is 504 g/mol. The number of aliphatic carboxylic acids is 2. The van der Waals surface area contributed by atoms with Crippen LogP contribution in [0, 0.1) is 0 Å². The normalized spacial score (nSPS) is 13.3. The molecule has 192 valence electrons. The average molecular weight is 533 g/mol. The number of thiophene rings is 1. The van der Waals surface area contributed by atoms with Crippen molar-refractivity contribution in [3.05, 3.63) is 52.2 Å². The Hall–Kier alpha value is -3.48. The van der Waals surface area contributed by atoms with Gasteiger partial charge in [-0.3, -0.25) is 9.69 Å². The summed E-state index contributed by atoms with van der Waals surface area (Å²) < 4.78 is 5.71. The molecule has 0 spiro atoms. The van der Waals surface area contributed by atoms with Gasteiger partial charge in [-0.15, -0.1) is 22.7 Å². The number of carboxylic acids is 2. The molecular formula is C24H28N4O6S2. The zero-order chi connectivity index (χ0) is 25.9. The second kappa shape index (κ2) is 13.6. The van der Waals surface area contributed by atoms with Crippen molar-refractivity contribution in [2.75, 3.05) is 25.4 Å². The number of nitrogens with one attached hydrogen (secondary N) is 1. The van der Waals surface area contributed by atoms with E-state index in [0.29, 0.717) is 11.7 Å². The van der Waals surface area contributed by atoms with Crippen molar-refractivity contribution in [1.29, 1.82) is 0 Å². The lowest BCUT2D eigenvalue weighted by atomic mass is 10.1. The Balaban J connectivity index is 0.000000538. The van der Waals surface area contributed by atoms with Gasteiger partial charge in [-0.2, -0.15) is 0 Å². The van der Waals surface area contributed by atoms with Crippen molar-refractivity contribution in [1.82, 2.24) is 15.2 Å². The van der Waals surface area contributed by atoms with Gasteiger partial charge in [-0.1, -0.05) is 18.6 Å². The van der Waals surface area contributed by atoms with Gasteiger partial charge in [0.25, 0.3) is 5.91 Å². The van der Waals surface area contributed by atoms with Gasteiger partial charge < -0.3 is 26.0 Å². The number of piperidine rings is 1. The molecule has 0 saturated carbocycles. The highest BCUT2D eigenvalue weighted by Gasteiger charge is 2.12. The summed E-state index contributed by atoms with van der Waals surface area (Å²) in [6, 6.07) is 12.0. The van der Waals surface area contributed by atoms with E-state index in [1.165, 1.54) is 36.2 Å². The maximum atomic E-state index is 12.2. The molecule has 1 aliphatic rings. The molecule has 0 radical (unpaired) electrons. The highest BCUT2D eigenvalue weighted by molar-refractivity contribution is 7.16. The van der Waals surface area contributed by atoms with Crippen molar-refractivity contribution in [2.45, 2.75) is 32.4 Å². The molecule has 1 saturated heterocycles. The fourth-order valence-corrected chi connectivity index (χ4v) is 5.05. The van der Waals surface area contributed by atoms with Crippen LogP contribution in [0.3, 0.4) is 0 Å². The second-order valence-corrected chi connectivity index (χ2v) is 10.1. The number of carbonyl (C=O) groups excluding carboxylic acids is 1. The first-order chi connectivity index (χ1) is 17.3. The van der Waals surface area contributed by atoms with Crippen molar-refractivity contribution in [3.8, 4) is 16.3 Å². The maximum absolute atomic E-state index is 12.2. The van der Waals surface area contributed by atoms with Gasteiger partial charge in [-0.05, 0) is 55.8 Å². The molecule has 0 unspecified atom stereocenters. The monoisotopic (exact) mass is 532 g/mol. The number of ether oxygens (including phenoxy) is 1. The quantitative estimate of drug-likeness (QED) is 0.320. The van der Waals surface area contributed by atoms with Crippen LogP contribution in [-0.2, 0) is 27.5 Å². The molecule has 36 heavy (non-hydrogen) atoms. The smallest absolute Gasteiger partial charge is 0.414 e. The summed E-state index contributed by atoms with van der Waals surface area (Å²) in [5, 5.41) is 20.2. The van der Waals surface area contributed by atoms with Crippen LogP contribution in [0.1, 0.15) is 29.7 Å². The molecule has 1 fully saturated rings. The van der Waals surface area contributed by atoms with E-state index in [0.717, 1.165) is 40.8 Å². The minimum Gasteiger partial charge on any atom is -0.484 e. The van der Waals surface area contributed by atoms with Crippen LogP contribution >= 0.6 is 22.7 Å². The summed E-state index contributed by atoms with van der Waals surface area (Å²) in [7, 11) is 0. The number of hydrogen-bond acceptors (Lipinski definition) is 9. The first kappa shape index (κ1) is 27.1. The first-order valence-corrected chi connectivity index (χ1v) is 13.0. The zero-order valence-electron chi connectivity index (χ0n) is 19.5. The van der Waals surface area contributed by atoms with Gasteiger partial charge in [0, 0.05) is 16.8 Å². The molecule has 1 aliphatic heterocycles. The van der Waals surface area contributed by atoms with Crippen LogP contribution in [0.2, 0.25) is 0 Å². The van der Waals surface area contributed by atoms with E-state index in [2.05, 4.69) is 21.3 Å². The number of amides is 1. The number of thiazole rings is 1. The van der Waals surface area contributed by atoms with Crippen molar-refractivity contribution >= 4 is 45.7 Å². The summed E-state index contributed by atoms with van der Waals surface area (Å²) in [5.41, 5.74) is 7.81. The summed E-state index contributed by atoms with van der Waals surface area (Å²) in [5.74, 6) is -3.05. The number of hydrogen-bond donors (Lipinski definition) is 4. The number of carbonyl (C=O) groups is 3. The van der Waals surface area contributed by atoms with Crippen LogP contribution in [0.25, 0.3) is 10.6 Å². The highest BCUT2D eigenvalue weighted by atomic mass is 32.1. The number of benzene rings is 1. The minimum atomic E-state index is -1.82. The van der Waals surface area contributed by atoms with E-state index in [1.54, 1.807) is 11.3 Å². The van der Waals surface area contributed by atoms with E-state index in [1.807, 2.05) is 35.7 Å². The number of nitrogens with zero attached hydrogens (tertiary/aromatic N) is 2. The fourth-order valence-electron chi connectivity index (χ4n) is 3.51. The molecule has 0 aliphatic carbocycles. The lowest BCUT2D eigenvalue weighted by Crippen LogP contribution is -2.29. The van der Waals surface area contributed by atoms with Gasteiger partial charge in [-0.25, -0.2) is 14.6 Å². The molecule has 3 aromatic rings. The van der Waals surface area contributed by atoms with Crippen molar-refractivity contribution in [3.63, 3.8) is 0 Å². The molecule has 4 rings (SSSR count). The molecule has 3 heterocycles.